The second-order valence-corrected chi connectivity index (χ2v) is 4.92. The summed E-state index contributed by atoms with van der Waals surface area (Å²) in [7, 11) is 0. The van der Waals surface area contributed by atoms with Crippen LogP contribution in [0.1, 0.15) is 10.4 Å². The smallest absolute Gasteiger partial charge is 0.339 e. The molecule has 0 saturated carbocycles. The number of hydrogen-bond acceptors (Lipinski definition) is 4. The first-order chi connectivity index (χ1) is 9.11. The summed E-state index contributed by atoms with van der Waals surface area (Å²) in [5.41, 5.74) is 1.34. The molecule has 0 saturated heterocycles. The molecular weight excluding hydrogens is 284 g/mol. The van der Waals surface area contributed by atoms with Gasteiger partial charge < -0.3 is 10.4 Å². The van der Waals surface area contributed by atoms with E-state index in [1.807, 2.05) is 30.5 Å². The predicted molar refractivity (Wildman–Crippen MR) is 77.7 cm³/mol. The maximum absolute atomic E-state index is 11.1. The Morgan fingerprint density at radius 2 is 2.11 bits per heavy atom. The van der Waals surface area contributed by atoms with Gasteiger partial charge in [-0.3, -0.25) is 0 Å². The molecule has 2 rings (SSSR count). The van der Waals surface area contributed by atoms with E-state index in [-0.39, 0.29) is 10.7 Å². The maximum Gasteiger partial charge on any atom is 0.339 e. The summed E-state index contributed by atoms with van der Waals surface area (Å²) < 4.78 is 0. The van der Waals surface area contributed by atoms with Crippen LogP contribution < -0.4 is 5.32 Å². The summed E-state index contributed by atoms with van der Waals surface area (Å²) in [5.74, 6) is -1.05. The Labute approximate surface area is 119 Å². The molecule has 0 amide bonds. The first-order valence-corrected chi connectivity index (χ1v) is 7.01. The number of benzene rings is 1. The number of aromatic carboxylic acids is 1. The van der Waals surface area contributed by atoms with Crippen molar-refractivity contribution in [1.29, 1.82) is 0 Å². The van der Waals surface area contributed by atoms with Gasteiger partial charge >= 0.3 is 5.97 Å². The number of anilines is 2. The average Bonchev–Trinajstić information content (AvgIpc) is 2.39. The van der Waals surface area contributed by atoms with E-state index in [0.717, 1.165) is 10.6 Å². The second kappa shape index (κ2) is 5.95. The lowest BCUT2D eigenvalue weighted by atomic mass is 10.2. The first-order valence-electron chi connectivity index (χ1n) is 5.40. The molecule has 1 aromatic carbocycles. The lowest BCUT2D eigenvalue weighted by Gasteiger charge is -2.12. The van der Waals surface area contributed by atoms with Crippen molar-refractivity contribution in [2.45, 2.75) is 4.90 Å². The number of aromatic nitrogens is 1. The highest BCUT2D eigenvalue weighted by Gasteiger charge is 2.12. The van der Waals surface area contributed by atoms with Gasteiger partial charge in [-0.2, -0.15) is 0 Å². The highest BCUT2D eigenvalue weighted by molar-refractivity contribution is 7.98. The normalized spacial score (nSPS) is 10.2. The molecule has 4 nitrogen and oxygen atoms in total. The van der Waals surface area contributed by atoms with Crippen molar-refractivity contribution in [3.05, 3.63) is 47.2 Å². The zero-order valence-electron chi connectivity index (χ0n) is 10.1. The maximum atomic E-state index is 11.1. The Hall–Kier alpha value is -1.72. The Bertz CT molecular complexity index is 619. The Kier molecular flexibility index (Phi) is 4.29. The summed E-state index contributed by atoms with van der Waals surface area (Å²) in [6, 6.07) is 9.14. The molecule has 1 heterocycles. The number of halogens is 1. The fourth-order valence-corrected chi connectivity index (χ4v) is 2.31. The fraction of sp³-hybridized carbons (Fsp3) is 0.0769. The van der Waals surface area contributed by atoms with E-state index in [0.29, 0.717) is 5.69 Å². The molecule has 0 aliphatic heterocycles. The molecule has 0 unspecified atom stereocenters. The largest absolute Gasteiger partial charge is 0.478 e. The lowest BCUT2D eigenvalue weighted by molar-refractivity contribution is 0.0697. The van der Waals surface area contributed by atoms with Crippen LogP contribution in [0.3, 0.4) is 0 Å². The van der Waals surface area contributed by atoms with Gasteiger partial charge in [0.2, 0.25) is 0 Å². The van der Waals surface area contributed by atoms with Crippen molar-refractivity contribution in [2.24, 2.45) is 0 Å². The molecule has 0 atom stereocenters. The van der Waals surface area contributed by atoms with Crippen LogP contribution in [0.2, 0.25) is 5.15 Å². The molecule has 0 aliphatic rings. The van der Waals surface area contributed by atoms with Crippen LogP contribution in [0.25, 0.3) is 0 Å². The van der Waals surface area contributed by atoms with Crippen LogP contribution in [0, 0.1) is 0 Å². The van der Waals surface area contributed by atoms with Crippen molar-refractivity contribution in [3.63, 3.8) is 0 Å². The molecule has 19 heavy (non-hydrogen) atoms. The number of rotatable bonds is 4. The molecule has 6 heteroatoms. The van der Waals surface area contributed by atoms with Gasteiger partial charge in [0.25, 0.3) is 0 Å². The minimum atomic E-state index is -1.05. The Morgan fingerprint density at radius 1 is 1.37 bits per heavy atom. The van der Waals surface area contributed by atoms with Crippen LogP contribution in [-0.2, 0) is 0 Å². The second-order valence-electron chi connectivity index (χ2n) is 3.68. The molecule has 0 aliphatic carbocycles. The number of carboxylic acids is 1. The molecule has 0 bridgehead atoms. The van der Waals surface area contributed by atoms with Crippen molar-refractivity contribution < 1.29 is 9.90 Å². The van der Waals surface area contributed by atoms with Crippen molar-refractivity contribution in [3.8, 4) is 0 Å². The summed E-state index contributed by atoms with van der Waals surface area (Å²) in [4.78, 5) is 16.0. The summed E-state index contributed by atoms with van der Waals surface area (Å²) in [5, 5.41) is 12.5. The van der Waals surface area contributed by atoms with E-state index < -0.39 is 5.97 Å². The number of hydrogen-bond donors (Lipinski definition) is 2. The quantitative estimate of drug-likeness (QED) is 0.661. The van der Waals surface area contributed by atoms with Gasteiger partial charge in [0.05, 0.1) is 11.4 Å². The SMILES string of the molecule is CSc1ccccc1Nc1cc(Cl)ncc1C(=O)O. The standard InChI is InChI=1S/C13H11ClN2O2S/c1-19-11-5-3-2-4-9(11)16-10-6-12(14)15-7-8(10)13(17)18/h2-7H,1H3,(H,15,16)(H,17,18). The van der Waals surface area contributed by atoms with Crippen molar-refractivity contribution in [2.75, 3.05) is 11.6 Å². The molecule has 2 aromatic rings. The van der Waals surface area contributed by atoms with E-state index in [1.165, 1.54) is 12.3 Å². The first kappa shape index (κ1) is 13.7. The number of nitrogens with zero attached hydrogens (tertiary/aromatic N) is 1. The Balaban J connectivity index is 2.42. The zero-order chi connectivity index (χ0) is 13.8. The molecule has 0 fully saturated rings. The molecule has 98 valence electrons. The van der Waals surface area contributed by atoms with Gasteiger partial charge in [-0.1, -0.05) is 23.7 Å². The number of carbonyl (C=O) groups is 1. The topological polar surface area (TPSA) is 62.2 Å². The number of thioether (sulfide) groups is 1. The average molecular weight is 295 g/mol. The number of pyridine rings is 1. The van der Waals surface area contributed by atoms with E-state index >= 15 is 0 Å². The molecular formula is C13H11ClN2O2S. The number of nitrogens with one attached hydrogen (secondary N) is 1. The van der Waals surface area contributed by atoms with Crippen molar-refractivity contribution >= 4 is 40.7 Å². The minimum absolute atomic E-state index is 0.0836. The van der Waals surface area contributed by atoms with Crippen LogP contribution in [0.5, 0.6) is 0 Å². The lowest BCUT2D eigenvalue weighted by Crippen LogP contribution is -2.04. The van der Waals surface area contributed by atoms with E-state index in [9.17, 15) is 4.79 Å². The zero-order valence-corrected chi connectivity index (χ0v) is 11.6. The van der Waals surface area contributed by atoms with Gasteiger partial charge in [-0.25, -0.2) is 9.78 Å². The van der Waals surface area contributed by atoms with Gasteiger partial charge in [0, 0.05) is 11.1 Å². The summed E-state index contributed by atoms with van der Waals surface area (Å²) >= 11 is 7.39. The predicted octanol–water partition coefficient (Wildman–Crippen LogP) is 3.90. The van der Waals surface area contributed by atoms with E-state index in [4.69, 9.17) is 16.7 Å². The number of carboxylic acid groups (broad SMARTS) is 1. The van der Waals surface area contributed by atoms with Gasteiger partial charge in [-0.05, 0) is 24.5 Å². The molecule has 0 spiro atoms. The molecule has 2 N–H and O–H groups in total. The van der Waals surface area contributed by atoms with Crippen LogP contribution >= 0.6 is 23.4 Å². The fourth-order valence-electron chi connectivity index (χ4n) is 1.60. The van der Waals surface area contributed by atoms with Crippen LogP contribution in [-0.4, -0.2) is 22.3 Å². The molecule has 1 aromatic heterocycles. The van der Waals surface area contributed by atoms with Gasteiger partial charge in [0.15, 0.2) is 0 Å². The monoisotopic (exact) mass is 294 g/mol. The van der Waals surface area contributed by atoms with Crippen molar-refractivity contribution in [1.82, 2.24) is 4.98 Å². The summed E-state index contributed by atoms with van der Waals surface area (Å²) in [6.07, 6.45) is 3.20. The van der Waals surface area contributed by atoms with Crippen LogP contribution in [0.4, 0.5) is 11.4 Å². The third-order valence-corrected chi connectivity index (χ3v) is 3.48. The minimum Gasteiger partial charge on any atom is -0.478 e. The molecule has 0 radical (unpaired) electrons. The van der Waals surface area contributed by atoms with E-state index in [1.54, 1.807) is 11.8 Å². The van der Waals surface area contributed by atoms with Gasteiger partial charge in [-0.15, -0.1) is 11.8 Å². The Morgan fingerprint density at radius 3 is 2.79 bits per heavy atom. The highest BCUT2D eigenvalue weighted by Crippen LogP contribution is 2.29. The van der Waals surface area contributed by atoms with Gasteiger partial charge in [0.1, 0.15) is 10.7 Å². The summed E-state index contributed by atoms with van der Waals surface area (Å²) in [6.45, 7) is 0. The van der Waals surface area contributed by atoms with Crippen LogP contribution in [0.15, 0.2) is 41.4 Å². The third kappa shape index (κ3) is 3.19. The number of para-hydroxylation sites is 1. The van der Waals surface area contributed by atoms with E-state index in [2.05, 4.69) is 10.3 Å². The highest BCUT2D eigenvalue weighted by atomic mass is 35.5. The third-order valence-electron chi connectivity index (χ3n) is 2.48.